The van der Waals surface area contributed by atoms with Gasteiger partial charge < -0.3 is 19.9 Å². The molecule has 1 amide bonds. The van der Waals surface area contributed by atoms with Gasteiger partial charge in [0.15, 0.2) is 18.1 Å². The zero-order chi connectivity index (χ0) is 18.2. The minimum Gasteiger partial charge on any atom is -0.493 e. The van der Waals surface area contributed by atoms with Crippen molar-refractivity contribution in [2.75, 3.05) is 32.9 Å². The lowest BCUT2D eigenvalue weighted by Gasteiger charge is -2.15. The van der Waals surface area contributed by atoms with Crippen molar-refractivity contribution in [3.63, 3.8) is 0 Å². The number of hydrogen-bond donors (Lipinski definition) is 1. The van der Waals surface area contributed by atoms with E-state index < -0.39 is 5.91 Å². The average Bonchev–Trinajstić information content (AvgIpc) is 2.64. The summed E-state index contributed by atoms with van der Waals surface area (Å²) in [6, 6.07) is 13.2. The summed E-state index contributed by atoms with van der Waals surface area (Å²) >= 11 is 0. The lowest BCUT2D eigenvalue weighted by Crippen LogP contribution is -2.20. The summed E-state index contributed by atoms with van der Waals surface area (Å²) in [7, 11) is 4.86. The first-order valence-corrected chi connectivity index (χ1v) is 7.55. The fourth-order valence-electron chi connectivity index (χ4n) is 2.12. The Labute approximate surface area is 146 Å². The second kappa shape index (κ2) is 8.58. The molecule has 7 nitrogen and oxygen atoms in total. The topological polar surface area (TPSA) is 86.4 Å². The van der Waals surface area contributed by atoms with Crippen LogP contribution >= 0.6 is 0 Å². The summed E-state index contributed by atoms with van der Waals surface area (Å²) in [5, 5.41) is 6.15. The van der Waals surface area contributed by atoms with Gasteiger partial charge in [-0.25, -0.2) is 0 Å². The summed E-state index contributed by atoms with van der Waals surface area (Å²) < 4.78 is 16.0. The molecule has 0 bridgehead atoms. The van der Waals surface area contributed by atoms with Crippen molar-refractivity contribution in [2.45, 2.75) is 0 Å². The number of amides is 1. The van der Waals surface area contributed by atoms with Crippen LogP contribution < -0.4 is 25.0 Å². The Morgan fingerprint density at radius 1 is 1.16 bits per heavy atom. The maximum absolute atomic E-state index is 10.9. The molecule has 0 unspecified atom stereocenters. The number of hydrogen-bond acceptors (Lipinski definition) is 6. The van der Waals surface area contributed by atoms with E-state index in [9.17, 15) is 4.79 Å². The number of hydrazone groups is 1. The van der Waals surface area contributed by atoms with Crippen LogP contribution in [0.1, 0.15) is 5.56 Å². The van der Waals surface area contributed by atoms with Crippen LogP contribution in [0.15, 0.2) is 47.6 Å². The maximum Gasteiger partial charge on any atom is 0.255 e. The third-order valence-corrected chi connectivity index (χ3v) is 3.35. The molecule has 0 radical (unpaired) electrons. The van der Waals surface area contributed by atoms with Crippen LogP contribution in [-0.2, 0) is 4.79 Å². The normalized spacial score (nSPS) is 10.5. The van der Waals surface area contributed by atoms with E-state index in [2.05, 4.69) is 5.10 Å². The van der Waals surface area contributed by atoms with E-state index in [-0.39, 0.29) is 6.61 Å². The second-order valence-corrected chi connectivity index (χ2v) is 5.11. The van der Waals surface area contributed by atoms with Crippen LogP contribution in [0.25, 0.3) is 0 Å². The average molecular weight is 343 g/mol. The highest BCUT2D eigenvalue weighted by Gasteiger charge is 2.14. The monoisotopic (exact) mass is 343 g/mol. The Hall–Kier alpha value is -3.22. The largest absolute Gasteiger partial charge is 0.493 e. The van der Waals surface area contributed by atoms with Crippen molar-refractivity contribution in [3.05, 3.63) is 48.0 Å². The zero-order valence-corrected chi connectivity index (χ0v) is 14.4. The van der Waals surface area contributed by atoms with Gasteiger partial charge in [0.1, 0.15) is 0 Å². The number of primary amides is 1. The molecule has 132 valence electrons. The predicted octanol–water partition coefficient (Wildman–Crippen LogP) is 2.04. The number of carbonyl (C=O) groups excluding carboxylic acids is 1. The van der Waals surface area contributed by atoms with Crippen molar-refractivity contribution in [3.8, 4) is 17.2 Å². The number of methoxy groups -OCH3 is 2. The molecule has 2 aromatic carbocycles. The Morgan fingerprint density at radius 3 is 2.28 bits per heavy atom. The van der Waals surface area contributed by atoms with Gasteiger partial charge in [-0.15, -0.1) is 0 Å². The molecule has 7 heteroatoms. The Morgan fingerprint density at radius 2 is 1.76 bits per heavy atom. The minimum absolute atomic E-state index is 0.267. The summed E-state index contributed by atoms with van der Waals surface area (Å²) in [5.41, 5.74) is 6.83. The molecule has 0 atom stereocenters. The van der Waals surface area contributed by atoms with E-state index >= 15 is 0 Å². The van der Waals surface area contributed by atoms with Gasteiger partial charge in [0.25, 0.3) is 5.91 Å². The number of para-hydroxylation sites is 1. The lowest BCUT2D eigenvalue weighted by atomic mass is 10.2. The molecule has 0 heterocycles. The molecular formula is C18H21N3O4. The van der Waals surface area contributed by atoms with Gasteiger partial charge in [-0.1, -0.05) is 18.2 Å². The second-order valence-electron chi connectivity index (χ2n) is 5.11. The quantitative estimate of drug-likeness (QED) is 0.585. The van der Waals surface area contributed by atoms with Crippen LogP contribution in [0, 0.1) is 0 Å². The smallest absolute Gasteiger partial charge is 0.255 e. The number of rotatable bonds is 8. The van der Waals surface area contributed by atoms with E-state index in [1.54, 1.807) is 23.4 Å². The summed E-state index contributed by atoms with van der Waals surface area (Å²) in [4.78, 5) is 10.9. The zero-order valence-electron chi connectivity index (χ0n) is 14.4. The molecule has 0 spiro atoms. The third-order valence-electron chi connectivity index (χ3n) is 3.35. The molecule has 0 saturated carbocycles. The summed E-state index contributed by atoms with van der Waals surface area (Å²) in [6.45, 7) is -0.267. The van der Waals surface area contributed by atoms with Gasteiger partial charge in [-0.05, 0) is 24.3 Å². The number of ether oxygens (including phenoxy) is 3. The SMILES string of the molecule is COc1cc(/C=N\N(C)c2ccccc2)cc(OC)c1OCC(N)=O. The molecule has 2 aromatic rings. The molecule has 0 aliphatic heterocycles. The van der Waals surface area contributed by atoms with Crippen LogP contribution in [0.4, 0.5) is 5.69 Å². The molecule has 0 saturated heterocycles. The molecule has 0 aliphatic rings. The number of nitrogens with zero attached hydrogens (tertiary/aromatic N) is 2. The highest BCUT2D eigenvalue weighted by atomic mass is 16.5. The van der Waals surface area contributed by atoms with Crippen LogP contribution in [0.5, 0.6) is 17.2 Å². The number of benzene rings is 2. The highest BCUT2D eigenvalue weighted by Crippen LogP contribution is 2.38. The Kier molecular flexibility index (Phi) is 6.22. The van der Waals surface area contributed by atoms with Crippen LogP contribution in [0.3, 0.4) is 0 Å². The fraction of sp³-hybridized carbons (Fsp3) is 0.222. The number of nitrogens with two attached hydrogens (primary N) is 1. The van der Waals surface area contributed by atoms with Crippen molar-refractivity contribution in [1.82, 2.24) is 0 Å². The van der Waals surface area contributed by atoms with E-state index in [1.807, 2.05) is 37.4 Å². The van der Waals surface area contributed by atoms with E-state index in [0.29, 0.717) is 17.2 Å². The number of anilines is 1. The molecule has 25 heavy (non-hydrogen) atoms. The van der Waals surface area contributed by atoms with Crippen molar-refractivity contribution in [2.24, 2.45) is 10.8 Å². The maximum atomic E-state index is 10.9. The van der Waals surface area contributed by atoms with Gasteiger partial charge in [0.05, 0.1) is 26.1 Å². The van der Waals surface area contributed by atoms with Crippen LogP contribution in [-0.4, -0.2) is 40.0 Å². The van der Waals surface area contributed by atoms with Gasteiger partial charge in [-0.2, -0.15) is 5.10 Å². The molecule has 2 N–H and O–H groups in total. The van der Waals surface area contributed by atoms with Crippen molar-refractivity contribution < 1.29 is 19.0 Å². The standard InChI is InChI=1S/C18H21N3O4/c1-21(14-7-5-4-6-8-14)20-11-13-9-15(23-2)18(16(10-13)24-3)25-12-17(19)22/h4-11H,12H2,1-3H3,(H2,19,22)/b20-11-. The Balaban J connectivity index is 2.26. The van der Waals surface area contributed by atoms with Gasteiger partial charge in [-0.3, -0.25) is 9.80 Å². The lowest BCUT2D eigenvalue weighted by molar-refractivity contribution is -0.119. The molecule has 0 aliphatic carbocycles. The first kappa shape index (κ1) is 18.1. The van der Waals surface area contributed by atoms with Gasteiger partial charge >= 0.3 is 0 Å². The molecule has 0 aromatic heterocycles. The third kappa shape index (κ3) is 4.87. The van der Waals surface area contributed by atoms with Gasteiger partial charge in [0, 0.05) is 12.6 Å². The number of carbonyl (C=O) groups is 1. The van der Waals surface area contributed by atoms with Crippen molar-refractivity contribution >= 4 is 17.8 Å². The fourth-order valence-corrected chi connectivity index (χ4v) is 2.12. The van der Waals surface area contributed by atoms with Crippen molar-refractivity contribution in [1.29, 1.82) is 0 Å². The minimum atomic E-state index is -0.584. The first-order valence-electron chi connectivity index (χ1n) is 7.55. The van der Waals surface area contributed by atoms with E-state index in [0.717, 1.165) is 11.3 Å². The summed E-state index contributed by atoms with van der Waals surface area (Å²) in [5.74, 6) is 0.574. The first-order chi connectivity index (χ1) is 12.0. The predicted molar refractivity (Wildman–Crippen MR) is 96.7 cm³/mol. The van der Waals surface area contributed by atoms with E-state index in [4.69, 9.17) is 19.9 Å². The highest BCUT2D eigenvalue weighted by molar-refractivity contribution is 5.83. The van der Waals surface area contributed by atoms with E-state index in [1.165, 1.54) is 14.2 Å². The molecular weight excluding hydrogens is 322 g/mol. The molecule has 0 fully saturated rings. The van der Waals surface area contributed by atoms with Crippen LogP contribution in [0.2, 0.25) is 0 Å². The Bertz CT molecular complexity index is 722. The summed E-state index contributed by atoms with van der Waals surface area (Å²) in [6.07, 6.45) is 1.68. The van der Waals surface area contributed by atoms with Gasteiger partial charge in [0.2, 0.25) is 5.75 Å². The molecule has 2 rings (SSSR count).